The number of halogens is 3. The van der Waals surface area contributed by atoms with Crippen LogP contribution >= 0.6 is 11.8 Å². The van der Waals surface area contributed by atoms with Crippen LogP contribution in [0.3, 0.4) is 0 Å². The highest BCUT2D eigenvalue weighted by molar-refractivity contribution is 7.99. The van der Waals surface area contributed by atoms with Gasteiger partial charge >= 0.3 is 6.18 Å². The Kier molecular flexibility index (Phi) is 4.25. The predicted molar refractivity (Wildman–Crippen MR) is 69.8 cm³/mol. The smallest absolute Gasteiger partial charge is 0.253 e. The Morgan fingerprint density at radius 3 is 2.65 bits per heavy atom. The molecular weight excluding hydrogens is 287 g/mol. The zero-order valence-electron chi connectivity index (χ0n) is 10.1. The molecule has 2 rings (SSSR count). The number of rotatable bonds is 3. The summed E-state index contributed by atoms with van der Waals surface area (Å²) in [5.41, 5.74) is -0.728. The SMILES string of the molecule is C#CCSc1cc(C(F)(F)F)nc(-c2ccccn2)n1. The van der Waals surface area contributed by atoms with Gasteiger partial charge in [0.25, 0.3) is 0 Å². The third kappa shape index (κ3) is 3.48. The molecule has 0 unspecified atom stereocenters. The number of pyridine rings is 1. The highest BCUT2D eigenvalue weighted by Gasteiger charge is 2.33. The fourth-order valence-electron chi connectivity index (χ4n) is 1.37. The second-order valence-electron chi connectivity index (χ2n) is 3.62. The third-order valence-corrected chi connectivity index (χ3v) is 3.01. The maximum absolute atomic E-state index is 12.8. The fourth-order valence-corrected chi connectivity index (χ4v) is 1.95. The molecule has 0 aliphatic heterocycles. The fraction of sp³-hybridized carbons (Fsp3) is 0.154. The van der Waals surface area contributed by atoms with Gasteiger partial charge in [-0.25, -0.2) is 9.97 Å². The van der Waals surface area contributed by atoms with Crippen molar-refractivity contribution in [2.45, 2.75) is 11.2 Å². The third-order valence-electron chi connectivity index (χ3n) is 2.19. The molecule has 0 bridgehead atoms. The lowest BCUT2D eigenvalue weighted by Gasteiger charge is -2.09. The summed E-state index contributed by atoms with van der Waals surface area (Å²) in [5, 5.41) is 0.172. The first-order chi connectivity index (χ1) is 9.50. The lowest BCUT2D eigenvalue weighted by molar-refractivity contribution is -0.141. The van der Waals surface area contributed by atoms with Crippen molar-refractivity contribution in [3.8, 4) is 23.9 Å². The van der Waals surface area contributed by atoms with Crippen LogP contribution in [0.15, 0.2) is 35.5 Å². The van der Waals surface area contributed by atoms with Gasteiger partial charge in [-0.15, -0.1) is 6.42 Å². The molecule has 0 spiro atoms. The molecule has 2 aromatic heterocycles. The number of hydrogen-bond donors (Lipinski definition) is 0. The molecule has 0 atom stereocenters. The van der Waals surface area contributed by atoms with E-state index in [9.17, 15) is 13.2 Å². The van der Waals surface area contributed by atoms with Crippen LogP contribution in [0.4, 0.5) is 13.2 Å². The van der Waals surface area contributed by atoms with Gasteiger partial charge in [0.2, 0.25) is 0 Å². The van der Waals surface area contributed by atoms with Crippen LogP contribution in [0.25, 0.3) is 11.5 Å². The van der Waals surface area contributed by atoms with E-state index in [0.717, 1.165) is 17.8 Å². The summed E-state index contributed by atoms with van der Waals surface area (Å²) in [7, 11) is 0. The van der Waals surface area contributed by atoms with Crippen molar-refractivity contribution in [3.05, 3.63) is 36.2 Å². The predicted octanol–water partition coefficient (Wildman–Crippen LogP) is 3.28. The number of hydrogen-bond acceptors (Lipinski definition) is 4. The van der Waals surface area contributed by atoms with Gasteiger partial charge in [0.05, 0.1) is 5.75 Å². The largest absolute Gasteiger partial charge is 0.433 e. The summed E-state index contributed by atoms with van der Waals surface area (Å²) in [6.45, 7) is 0. The minimum atomic E-state index is -4.54. The van der Waals surface area contributed by atoms with Crippen molar-refractivity contribution >= 4 is 11.8 Å². The molecule has 20 heavy (non-hydrogen) atoms. The summed E-state index contributed by atoms with van der Waals surface area (Å²) >= 11 is 1.04. The molecule has 0 aliphatic carbocycles. The highest BCUT2D eigenvalue weighted by Crippen LogP contribution is 2.31. The summed E-state index contributed by atoms with van der Waals surface area (Å²) in [5.74, 6) is 2.50. The van der Waals surface area contributed by atoms with E-state index < -0.39 is 11.9 Å². The number of nitrogens with zero attached hydrogens (tertiary/aromatic N) is 3. The molecular formula is C13H8F3N3S. The topological polar surface area (TPSA) is 38.7 Å². The van der Waals surface area contributed by atoms with Crippen LogP contribution in [0, 0.1) is 12.3 Å². The zero-order chi connectivity index (χ0) is 14.6. The Hall–Kier alpha value is -2.07. The van der Waals surface area contributed by atoms with Crippen LogP contribution in [0.1, 0.15) is 5.69 Å². The molecule has 2 aromatic rings. The van der Waals surface area contributed by atoms with Crippen molar-refractivity contribution in [2.24, 2.45) is 0 Å². The highest BCUT2D eigenvalue weighted by atomic mass is 32.2. The Labute approximate surface area is 117 Å². The number of aromatic nitrogens is 3. The standard InChI is InChI=1S/C13H8F3N3S/c1-2-7-20-11-8-10(13(14,15)16)18-12(19-11)9-5-3-4-6-17-9/h1,3-6,8H,7H2. The molecule has 7 heteroatoms. The quantitative estimate of drug-likeness (QED) is 0.495. The molecule has 102 valence electrons. The van der Waals surface area contributed by atoms with E-state index in [2.05, 4.69) is 20.9 Å². The molecule has 0 aliphatic rings. The minimum Gasteiger partial charge on any atom is -0.253 e. The second-order valence-corrected chi connectivity index (χ2v) is 4.62. The summed E-state index contributed by atoms with van der Waals surface area (Å²) in [6, 6.07) is 5.74. The Balaban J connectivity index is 2.49. The van der Waals surface area contributed by atoms with E-state index in [0.29, 0.717) is 0 Å². The lowest BCUT2D eigenvalue weighted by atomic mass is 10.3. The van der Waals surface area contributed by atoms with Crippen LogP contribution in [0.5, 0.6) is 0 Å². The monoisotopic (exact) mass is 295 g/mol. The van der Waals surface area contributed by atoms with E-state index in [1.54, 1.807) is 18.2 Å². The van der Waals surface area contributed by atoms with Gasteiger partial charge in [0.1, 0.15) is 16.4 Å². The van der Waals surface area contributed by atoms with E-state index >= 15 is 0 Å². The average Bonchev–Trinajstić information content (AvgIpc) is 2.45. The molecule has 0 fully saturated rings. The maximum Gasteiger partial charge on any atom is 0.433 e. The van der Waals surface area contributed by atoms with Crippen LogP contribution in [-0.4, -0.2) is 20.7 Å². The van der Waals surface area contributed by atoms with Gasteiger partial charge in [-0.2, -0.15) is 13.2 Å². The minimum absolute atomic E-state index is 0.0695. The van der Waals surface area contributed by atoms with E-state index in [4.69, 9.17) is 6.42 Å². The Morgan fingerprint density at radius 2 is 2.05 bits per heavy atom. The van der Waals surface area contributed by atoms with Crippen LogP contribution in [0.2, 0.25) is 0 Å². The van der Waals surface area contributed by atoms with E-state index in [1.807, 2.05) is 0 Å². The molecule has 0 aromatic carbocycles. The first kappa shape index (κ1) is 14.3. The zero-order valence-corrected chi connectivity index (χ0v) is 10.9. The first-order valence-corrected chi connectivity index (χ1v) is 6.43. The van der Waals surface area contributed by atoms with Crippen LogP contribution in [-0.2, 0) is 6.18 Å². The molecule has 0 N–H and O–H groups in total. The number of alkyl halides is 3. The number of terminal acetylenes is 1. The van der Waals surface area contributed by atoms with Crippen molar-refractivity contribution in [2.75, 3.05) is 5.75 Å². The molecule has 2 heterocycles. The van der Waals surface area contributed by atoms with Gasteiger partial charge in [-0.3, -0.25) is 4.98 Å². The Morgan fingerprint density at radius 1 is 1.25 bits per heavy atom. The van der Waals surface area contributed by atoms with Gasteiger partial charge in [-0.05, 0) is 12.1 Å². The normalized spacial score (nSPS) is 11.1. The van der Waals surface area contributed by atoms with Crippen molar-refractivity contribution < 1.29 is 13.2 Å². The van der Waals surface area contributed by atoms with Gasteiger partial charge < -0.3 is 0 Å². The molecule has 0 amide bonds. The summed E-state index contributed by atoms with van der Waals surface area (Å²) in [4.78, 5) is 11.5. The van der Waals surface area contributed by atoms with Gasteiger partial charge in [0, 0.05) is 12.3 Å². The van der Waals surface area contributed by atoms with Gasteiger partial charge in [-0.1, -0.05) is 23.7 Å². The number of thioether (sulfide) groups is 1. The molecule has 3 nitrogen and oxygen atoms in total. The Bertz CT molecular complexity index is 636. The molecule has 0 radical (unpaired) electrons. The van der Waals surface area contributed by atoms with Crippen LogP contribution < -0.4 is 0 Å². The molecule has 0 saturated carbocycles. The summed E-state index contributed by atoms with van der Waals surface area (Å²) < 4.78 is 38.5. The van der Waals surface area contributed by atoms with Crippen molar-refractivity contribution in [1.29, 1.82) is 0 Å². The average molecular weight is 295 g/mol. The summed E-state index contributed by atoms with van der Waals surface area (Å²) in [6.07, 6.45) is 2.02. The van der Waals surface area contributed by atoms with E-state index in [-0.39, 0.29) is 22.3 Å². The van der Waals surface area contributed by atoms with Gasteiger partial charge in [0.15, 0.2) is 5.82 Å². The van der Waals surface area contributed by atoms with E-state index in [1.165, 1.54) is 6.20 Å². The second kappa shape index (κ2) is 5.92. The maximum atomic E-state index is 12.8. The molecule has 0 saturated heterocycles. The first-order valence-electron chi connectivity index (χ1n) is 5.44. The van der Waals surface area contributed by atoms with Crippen molar-refractivity contribution in [1.82, 2.24) is 15.0 Å². The lowest BCUT2D eigenvalue weighted by Crippen LogP contribution is -2.10. The van der Waals surface area contributed by atoms with Crippen molar-refractivity contribution in [3.63, 3.8) is 0 Å².